The Labute approximate surface area is 212 Å². The highest BCUT2D eigenvalue weighted by molar-refractivity contribution is 8.01. The standard InChI is InChI=1S/C20H23N7O5S3/c1-10-24-25-19(35-10)34-9-20(17(30)31)7-26-15(29)14(16(26)33-8-20)27(13(28)6-21)12-4-2-3-11(5-12)23-18(22)32/h2-5,14,16H,6-9,21H2,1H3,(H,30,31)(H3,22,23,32)/t14?,16-,20?/m1/s1. The van der Waals surface area contributed by atoms with Gasteiger partial charge in [0, 0.05) is 29.4 Å². The molecule has 0 spiro atoms. The third kappa shape index (κ3) is 4.94. The van der Waals surface area contributed by atoms with E-state index in [1.54, 1.807) is 18.2 Å². The molecule has 0 bridgehead atoms. The molecule has 12 nitrogen and oxygen atoms in total. The van der Waals surface area contributed by atoms with E-state index in [1.807, 2.05) is 6.92 Å². The Bertz CT molecular complexity index is 1180. The van der Waals surface area contributed by atoms with Crippen molar-refractivity contribution in [3.63, 3.8) is 0 Å². The molecule has 4 amide bonds. The maximum absolute atomic E-state index is 13.2. The molecule has 15 heteroatoms. The van der Waals surface area contributed by atoms with E-state index in [1.165, 1.54) is 50.7 Å². The van der Waals surface area contributed by atoms with Crippen LogP contribution in [0.5, 0.6) is 0 Å². The van der Waals surface area contributed by atoms with Crippen LogP contribution in [0.15, 0.2) is 28.6 Å². The van der Waals surface area contributed by atoms with Gasteiger partial charge in [-0.1, -0.05) is 29.2 Å². The molecule has 0 radical (unpaired) electrons. The number of carboxylic acid groups (broad SMARTS) is 1. The van der Waals surface area contributed by atoms with Crippen molar-refractivity contribution in [3.05, 3.63) is 29.3 Å². The molecular formula is C20H23N7O5S3. The largest absolute Gasteiger partial charge is 0.481 e. The normalized spacial score (nSPS) is 23.3. The third-order valence-electron chi connectivity index (χ3n) is 5.66. The van der Waals surface area contributed by atoms with Gasteiger partial charge in [0.15, 0.2) is 4.34 Å². The summed E-state index contributed by atoms with van der Waals surface area (Å²) in [6, 6.07) is 4.77. The van der Waals surface area contributed by atoms with Crippen LogP contribution in [0.25, 0.3) is 0 Å². The van der Waals surface area contributed by atoms with Gasteiger partial charge in [-0.3, -0.25) is 19.3 Å². The Kier molecular flexibility index (Phi) is 7.21. The van der Waals surface area contributed by atoms with Crippen molar-refractivity contribution in [3.8, 4) is 0 Å². The highest BCUT2D eigenvalue weighted by Crippen LogP contribution is 2.46. The molecule has 1 aromatic carbocycles. The molecule has 2 aliphatic heterocycles. The van der Waals surface area contributed by atoms with E-state index in [-0.39, 0.29) is 30.5 Å². The molecule has 1 aromatic heterocycles. The number of benzene rings is 1. The summed E-state index contributed by atoms with van der Waals surface area (Å²) in [4.78, 5) is 52.4. The number of hydrogen-bond acceptors (Lipinski definition) is 10. The summed E-state index contributed by atoms with van der Waals surface area (Å²) in [5, 5.41) is 20.8. The lowest BCUT2D eigenvalue weighted by atomic mass is 9.89. The molecule has 6 N–H and O–H groups in total. The van der Waals surface area contributed by atoms with Crippen LogP contribution in [0.3, 0.4) is 0 Å². The Morgan fingerprint density at radius 3 is 2.77 bits per heavy atom. The smallest absolute Gasteiger partial charge is 0.316 e. The number of nitrogens with zero attached hydrogens (tertiary/aromatic N) is 4. The first kappa shape index (κ1) is 25.2. The molecule has 35 heavy (non-hydrogen) atoms. The monoisotopic (exact) mass is 537 g/mol. The minimum atomic E-state index is -1.17. The number of anilines is 2. The van der Waals surface area contributed by atoms with E-state index >= 15 is 0 Å². The van der Waals surface area contributed by atoms with Crippen molar-refractivity contribution in [2.24, 2.45) is 16.9 Å². The van der Waals surface area contributed by atoms with Crippen LogP contribution in [0.2, 0.25) is 0 Å². The zero-order valence-electron chi connectivity index (χ0n) is 18.5. The number of nitrogens with one attached hydrogen (secondary N) is 1. The number of aliphatic carboxylic acids is 1. The Morgan fingerprint density at radius 1 is 1.37 bits per heavy atom. The van der Waals surface area contributed by atoms with E-state index in [9.17, 15) is 24.3 Å². The number of urea groups is 1. The number of amides is 4. The first-order chi connectivity index (χ1) is 16.6. The molecule has 3 heterocycles. The zero-order chi connectivity index (χ0) is 25.3. The summed E-state index contributed by atoms with van der Waals surface area (Å²) in [5.41, 5.74) is 10.4. The van der Waals surface area contributed by atoms with Gasteiger partial charge in [0.05, 0.1) is 6.54 Å². The number of aromatic nitrogens is 2. The second-order valence-corrected chi connectivity index (χ2v) is 11.6. The van der Waals surface area contributed by atoms with Crippen LogP contribution in [-0.4, -0.2) is 80.0 Å². The van der Waals surface area contributed by atoms with Gasteiger partial charge in [0.1, 0.15) is 21.8 Å². The van der Waals surface area contributed by atoms with Crippen molar-refractivity contribution in [2.75, 3.05) is 34.8 Å². The van der Waals surface area contributed by atoms with Gasteiger partial charge in [-0.2, -0.15) is 0 Å². The number of rotatable bonds is 8. The molecule has 2 aromatic rings. The number of hydrogen-bond donors (Lipinski definition) is 4. The summed E-state index contributed by atoms with van der Waals surface area (Å²) >= 11 is 4.01. The summed E-state index contributed by atoms with van der Waals surface area (Å²) in [6.07, 6.45) is 0. The number of thioether (sulfide) groups is 2. The van der Waals surface area contributed by atoms with Gasteiger partial charge in [-0.25, -0.2) is 4.79 Å². The molecule has 4 rings (SSSR count). The lowest BCUT2D eigenvalue weighted by Crippen LogP contribution is -2.75. The zero-order valence-corrected chi connectivity index (χ0v) is 21.0. The van der Waals surface area contributed by atoms with E-state index in [4.69, 9.17) is 11.5 Å². The van der Waals surface area contributed by atoms with Crippen LogP contribution in [0, 0.1) is 12.3 Å². The van der Waals surface area contributed by atoms with Crippen molar-refractivity contribution in [1.82, 2.24) is 15.1 Å². The number of aryl methyl sites for hydroxylation is 1. The van der Waals surface area contributed by atoms with Crippen molar-refractivity contribution in [1.29, 1.82) is 0 Å². The fourth-order valence-electron chi connectivity index (χ4n) is 3.96. The molecule has 186 valence electrons. The number of fused-ring (bicyclic) bond motifs is 1. The highest BCUT2D eigenvalue weighted by atomic mass is 32.2. The van der Waals surface area contributed by atoms with Crippen LogP contribution in [0.1, 0.15) is 5.01 Å². The minimum Gasteiger partial charge on any atom is -0.481 e. The quantitative estimate of drug-likeness (QED) is 0.277. The van der Waals surface area contributed by atoms with Crippen LogP contribution < -0.4 is 21.7 Å². The average Bonchev–Trinajstić information content (AvgIpc) is 3.25. The van der Waals surface area contributed by atoms with Crippen LogP contribution >= 0.6 is 34.9 Å². The lowest BCUT2D eigenvalue weighted by Gasteiger charge is -2.56. The van der Waals surface area contributed by atoms with E-state index in [0.29, 0.717) is 15.7 Å². The van der Waals surface area contributed by atoms with E-state index < -0.39 is 34.7 Å². The number of primary amides is 1. The number of carbonyl (C=O) groups is 4. The second-order valence-electron chi connectivity index (χ2n) is 8.08. The van der Waals surface area contributed by atoms with Gasteiger partial charge in [0.2, 0.25) is 11.8 Å². The summed E-state index contributed by atoms with van der Waals surface area (Å²) < 4.78 is 0.673. The Morgan fingerprint density at radius 2 is 2.14 bits per heavy atom. The molecule has 2 aliphatic rings. The number of carboxylic acids is 1. The fourth-order valence-corrected chi connectivity index (χ4v) is 7.68. The number of β-lactam (4-membered cyclic amide) rings is 1. The van der Waals surface area contributed by atoms with Gasteiger partial charge < -0.3 is 26.8 Å². The first-order valence-electron chi connectivity index (χ1n) is 10.4. The summed E-state index contributed by atoms with van der Waals surface area (Å²) in [7, 11) is 0. The molecule has 2 unspecified atom stereocenters. The van der Waals surface area contributed by atoms with E-state index in [0.717, 1.165) is 5.01 Å². The van der Waals surface area contributed by atoms with E-state index in [2.05, 4.69) is 15.5 Å². The predicted octanol–water partition coefficient (Wildman–Crippen LogP) is 0.776. The molecule has 3 atom stereocenters. The van der Waals surface area contributed by atoms with Gasteiger partial charge in [-0.15, -0.1) is 22.0 Å². The van der Waals surface area contributed by atoms with Crippen molar-refractivity contribution >= 4 is 70.1 Å². The van der Waals surface area contributed by atoms with Gasteiger partial charge in [0.25, 0.3) is 0 Å². The van der Waals surface area contributed by atoms with Crippen molar-refractivity contribution < 1.29 is 24.3 Å². The molecule has 0 saturated carbocycles. The fraction of sp³-hybridized carbons (Fsp3) is 0.400. The second kappa shape index (κ2) is 10.0. The van der Waals surface area contributed by atoms with Crippen LogP contribution in [0.4, 0.5) is 16.2 Å². The Hall–Kier alpha value is -2.88. The first-order valence-corrected chi connectivity index (χ1v) is 13.3. The molecule has 2 saturated heterocycles. The highest BCUT2D eigenvalue weighted by Gasteiger charge is 2.59. The maximum Gasteiger partial charge on any atom is 0.316 e. The summed E-state index contributed by atoms with van der Waals surface area (Å²) in [5.74, 6) is -1.34. The van der Waals surface area contributed by atoms with Crippen LogP contribution in [-0.2, 0) is 14.4 Å². The molecule has 2 fully saturated rings. The average molecular weight is 538 g/mol. The number of carbonyl (C=O) groups excluding carboxylic acids is 3. The van der Waals surface area contributed by atoms with Gasteiger partial charge in [-0.05, 0) is 25.1 Å². The van der Waals surface area contributed by atoms with Crippen molar-refractivity contribution in [2.45, 2.75) is 22.7 Å². The third-order valence-corrected chi connectivity index (χ3v) is 9.50. The number of nitrogens with two attached hydrogens (primary N) is 2. The molecule has 0 aliphatic carbocycles. The summed E-state index contributed by atoms with van der Waals surface area (Å²) in [6.45, 7) is 1.52. The predicted molar refractivity (Wildman–Crippen MR) is 133 cm³/mol. The SMILES string of the molecule is Cc1nnc(SCC2(C(=O)O)CS[C@@H]3C(N(C(=O)CN)c4cccc(NC(N)=O)c4)C(=O)N3C2)s1. The maximum atomic E-state index is 13.2. The minimum absolute atomic E-state index is 0.0219. The Balaban J connectivity index is 1.54. The van der Waals surface area contributed by atoms with Gasteiger partial charge >= 0.3 is 12.0 Å². The lowest BCUT2D eigenvalue weighted by molar-refractivity contribution is -0.156. The molecular weight excluding hydrogens is 514 g/mol. The topological polar surface area (TPSA) is 185 Å².